The van der Waals surface area contributed by atoms with Crippen molar-refractivity contribution in [3.05, 3.63) is 40.4 Å². The van der Waals surface area contributed by atoms with Gasteiger partial charge in [0.25, 0.3) is 0 Å². The minimum absolute atomic E-state index is 0.00310. The summed E-state index contributed by atoms with van der Waals surface area (Å²) in [4.78, 5) is 27.6. The Balaban J connectivity index is 2.14. The van der Waals surface area contributed by atoms with Crippen LogP contribution in [0.2, 0.25) is 5.02 Å². The summed E-state index contributed by atoms with van der Waals surface area (Å²) >= 11 is 6.90. The summed E-state index contributed by atoms with van der Waals surface area (Å²) in [5.74, 6) is -1.41. The molecule has 0 spiro atoms. The lowest BCUT2D eigenvalue weighted by Crippen LogP contribution is -2.47. The van der Waals surface area contributed by atoms with E-state index in [9.17, 15) is 18.0 Å². The lowest BCUT2D eigenvalue weighted by atomic mass is 10.1. The number of nitrogens with one attached hydrogen (secondary N) is 2. The largest absolute Gasteiger partial charge is 0.369 e. The van der Waals surface area contributed by atoms with E-state index in [0.717, 1.165) is 11.3 Å². The molecule has 0 unspecified atom stereocenters. The van der Waals surface area contributed by atoms with E-state index in [1.807, 2.05) is 0 Å². The first-order valence-corrected chi connectivity index (χ1v) is 10.6. The number of benzene rings is 1. The number of hydrogen-bond acceptors (Lipinski definition) is 6. The van der Waals surface area contributed by atoms with Gasteiger partial charge in [0.1, 0.15) is 6.04 Å². The van der Waals surface area contributed by atoms with E-state index >= 15 is 0 Å². The zero-order valence-electron chi connectivity index (χ0n) is 14.6. The minimum atomic E-state index is -3.92. The summed E-state index contributed by atoms with van der Waals surface area (Å²) < 4.78 is 27.5. The summed E-state index contributed by atoms with van der Waals surface area (Å²) in [6.07, 6.45) is -0.0385. The van der Waals surface area contributed by atoms with Crippen LogP contribution in [0, 0.1) is 5.92 Å². The smallest absolute Gasteiger partial charge is 0.244 e. The Kier molecular flexibility index (Phi) is 6.93. The van der Waals surface area contributed by atoms with Crippen molar-refractivity contribution in [2.75, 3.05) is 5.32 Å². The minimum Gasteiger partial charge on any atom is -0.369 e. The molecule has 2 rings (SSSR count). The lowest BCUT2D eigenvalue weighted by molar-refractivity contribution is -0.119. The van der Waals surface area contributed by atoms with E-state index in [1.54, 1.807) is 19.2 Å². The van der Waals surface area contributed by atoms with Gasteiger partial charge in [0.05, 0.1) is 17.0 Å². The van der Waals surface area contributed by atoms with Crippen molar-refractivity contribution in [1.29, 1.82) is 0 Å². The Morgan fingerprint density at radius 2 is 1.89 bits per heavy atom. The molecule has 27 heavy (non-hydrogen) atoms. The van der Waals surface area contributed by atoms with Gasteiger partial charge in [-0.3, -0.25) is 9.59 Å². The fourth-order valence-electron chi connectivity index (χ4n) is 2.15. The van der Waals surface area contributed by atoms with Gasteiger partial charge in [-0.2, -0.15) is 4.72 Å². The normalized spacial score (nSPS) is 12.7. The molecule has 0 radical (unpaired) electrons. The molecule has 1 aromatic carbocycles. The number of amides is 2. The SMILES string of the molecule is CC(C)[C@@H](NS(=O)(=O)c1ccc(Cl)cc1)C(=O)Nc1nc(CC(N)=O)cs1. The maximum Gasteiger partial charge on any atom is 0.244 e. The van der Waals surface area contributed by atoms with Crippen LogP contribution in [0.5, 0.6) is 0 Å². The van der Waals surface area contributed by atoms with Crippen LogP contribution in [0.3, 0.4) is 0 Å². The molecule has 0 aliphatic heterocycles. The van der Waals surface area contributed by atoms with Crippen molar-refractivity contribution in [1.82, 2.24) is 9.71 Å². The quantitative estimate of drug-likeness (QED) is 0.587. The summed E-state index contributed by atoms with van der Waals surface area (Å²) in [7, 11) is -3.92. The van der Waals surface area contributed by atoms with E-state index in [0.29, 0.717) is 10.7 Å². The molecule has 0 aliphatic carbocycles. The number of anilines is 1. The number of nitrogens with zero attached hydrogens (tertiary/aromatic N) is 1. The van der Waals surface area contributed by atoms with Crippen molar-refractivity contribution in [2.45, 2.75) is 31.2 Å². The van der Waals surface area contributed by atoms with Crippen LogP contribution in [-0.2, 0) is 26.0 Å². The standard InChI is InChI=1S/C16H19ClN4O4S2/c1-9(2)14(21-27(24,25)12-5-3-10(17)4-6-12)15(23)20-16-19-11(8-26-16)7-13(18)22/h3-6,8-9,14,21H,7H2,1-2H3,(H2,18,22)(H,19,20,23)/t14-/m1/s1. The molecule has 1 atom stereocenters. The summed E-state index contributed by atoms with van der Waals surface area (Å²) in [6, 6.07) is 4.61. The van der Waals surface area contributed by atoms with E-state index in [-0.39, 0.29) is 22.4 Å². The number of carbonyl (C=O) groups is 2. The van der Waals surface area contributed by atoms with Gasteiger partial charge >= 0.3 is 0 Å². The molecular weight excluding hydrogens is 412 g/mol. The number of thiazole rings is 1. The topological polar surface area (TPSA) is 131 Å². The molecule has 0 bridgehead atoms. The molecule has 8 nitrogen and oxygen atoms in total. The van der Waals surface area contributed by atoms with Gasteiger partial charge in [0.2, 0.25) is 21.8 Å². The number of halogens is 1. The molecule has 0 fully saturated rings. The van der Waals surface area contributed by atoms with Gasteiger partial charge in [0.15, 0.2) is 5.13 Å². The molecule has 2 aromatic rings. The van der Waals surface area contributed by atoms with Crippen LogP contribution in [0.25, 0.3) is 0 Å². The van der Waals surface area contributed by atoms with Crippen LogP contribution in [-0.4, -0.2) is 31.3 Å². The van der Waals surface area contributed by atoms with Crippen molar-refractivity contribution >= 4 is 49.9 Å². The molecule has 11 heteroatoms. The highest BCUT2D eigenvalue weighted by Crippen LogP contribution is 2.19. The Bertz CT molecular complexity index is 926. The summed E-state index contributed by atoms with van der Waals surface area (Å²) in [5.41, 5.74) is 5.55. The molecular formula is C16H19ClN4O4S2. The first kappa shape index (κ1) is 21.3. The molecule has 146 valence electrons. The average molecular weight is 431 g/mol. The molecule has 1 heterocycles. The van der Waals surface area contributed by atoms with Crippen molar-refractivity contribution < 1.29 is 18.0 Å². The summed E-state index contributed by atoms with van der Waals surface area (Å²) in [5, 5.41) is 4.83. The first-order chi connectivity index (χ1) is 12.6. The zero-order chi connectivity index (χ0) is 20.2. The van der Waals surface area contributed by atoms with E-state index in [4.69, 9.17) is 17.3 Å². The molecule has 0 saturated carbocycles. The first-order valence-electron chi connectivity index (χ1n) is 7.90. The van der Waals surface area contributed by atoms with Crippen molar-refractivity contribution in [3.8, 4) is 0 Å². The van der Waals surface area contributed by atoms with Crippen molar-refractivity contribution in [3.63, 3.8) is 0 Å². The lowest BCUT2D eigenvalue weighted by Gasteiger charge is -2.21. The number of primary amides is 1. The second-order valence-corrected chi connectivity index (χ2v) is 9.08. The number of sulfonamides is 1. The van der Waals surface area contributed by atoms with Crippen LogP contribution < -0.4 is 15.8 Å². The maximum absolute atomic E-state index is 12.6. The van der Waals surface area contributed by atoms with E-state index < -0.39 is 27.9 Å². The van der Waals surface area contributed by atoms with Gasteiger partial charge in [0, 0.05) is 10.4 Å². The molecule has 4 N–H and O–H groups in total. The van der Waals surface area contributed by atoms with Crippen molar-refractivity contribution in [2.24, 2.45) is 11.7 Å². The highest BCUT2D eigenvalue weighted by Gasteiger charge is 2.29. The number of hydrogen-bond donors (Lipinski definition) is 3. The Hall–Kier alpha value is -2.01. The Morgan fingerprint density at radius 1 is 1.26 bits per heavy atom. The molecule has 0 saturated heterocycles. The highest BCUT2D eigenvalue weighted by atomic mass is 35.5. The van der Waals surface area contributed by atoms with Gasteiger partial charge in [-0.05, 0) is 30.2 Å². The Labute approximate surface area is 166 Å². The van der Waals surface area contributed by atoms with Gasteiger partial charge < -0.3 is 11.1 Å². The number of carbonyl (C=O) groups excluding carboxylic acids is 2. The van der Waals surface area contributed by atoms with E-state index in [2.05, 4.69) is 15.0 Å². The van der Waals surface area contributed by atoms with Crippen LogP contribution >= 0.6 is 22.9 Å². The van der Waals surface area contributed by atoms with Crippen LogP contribution in [0.15, 0.2) is 34.5 Å². The van der Waals surface area contributed by atoms with Crippen LogP contribution in [0.1, 0.15) is 19.5 Å². The number of rotatable bonds is 8. The maximum atomic E-state index is 12.6. The van der Waals surface area contributed by atoms with Gasteiger partial charge in [-0.25, -0.2) is 13.4 Å². The molecule has 1 aromatic heterocycles. The Morgan fingerprint density at radius 3 is 2.44 bits per heavy atom. The second kappa shape index (κ2) is 8.79. The molecule has 0 aliphatic rings. The second-order valence-electron chi connectivity index (χ2n) is 6.07. The predicted octanol–water partition coefficient (Wildman–Crippen LogP) is 1.77. The van der Waals surface area contributed by atoms with Gasteiger partial charge in [-0.15, -0.1) is 11.3 Å². The third kappa shape index (κ3) is 5.99. The third-order valence-electron chi connectivity index (χ3n) is 3.49. The zero-order valence-corrected chi connectivity index (χ0v) is 17.0. The monoisotopic (exact) mass is 430 g/mol. The van der Waals surface area contributed by atoms with E-state index in [1.165, 1.54) is 24.3 Å². The fourth-order valence-corrected chi connectivity index (χ4v) is 4.33. The highest BCUT2D eigenvalue weighted by molar-refractivity contribution is 7.89. The number of aromatic nitrogens is 1. The third-order valence-corrected chi connectivity index (χ3v) is 6.01. The predicted molar refractivity (Wildman–Crippen MR) is 104 cm³/mol. The molecule has 2 amide bonds. The fraction of sp³-hybridized carbons (Fsp3) is 0.312. The average Bonchev–Trinajstić information content (AvgIpc) is 2.98. The van der Waals surface area contributed by atoms with Gasteiger partial charge in [-0.1, -0.05) is 25.4 Å². The number of nitrogens with two attached hydrogens (primary N) is 1. The van der Waals surface area contributed by atoms with Crippen LogP contribution in [0.4, 0.5) is 5.13 Å². The summed E-state index contributed by atoms with van der Waals surface area (Å²) in [6.45, 7) is 3.43.